The third-order valence-corrected chi connectivity index (χ3v) is 5.39. The van der Waals surface area contributed by atoms with Gasteiger partial charge in [-0.15, -0.1) is 0 Å². The van der Waals surface area contributed by atoms with Crippen LogP contribution in [0, 0.1) is 5.92 Å². The van der Waals surface area contributed by atoms with Crippen molar-refractivity contribution in [1.29, 1.82) is 0 Å². The highest BCUT2D eigenvalue weighted by molar-refractivity contribution is 6.31. The molecule has 1 aromatic carbocycles. The average molecular weight is 420 g/mol. The number of fused-ring (bicyclic) bond motifs is 1. The minimum atomic E-state index is -0.512. The highest BCUT2D eigenvalue weighted by Crippen LogP contribution is 2.22. The molecular weight excluding hydrogens is 390 g/mol. The second kappa shape index (κ2) is 8.66. The molecular formula is C22H30ClN3O3. The van der Waals surface area contributed by atoms with Gasteiger partial charge < -0.3 is 19.1 Å². The lowest BCUT2D eigenvalue weighted by Crippen LogP contribution is -2.45. The highest BCUT2D eigenvalue weighted by Gasteiger charge is 2.27. The molecule has 1 aliphatic heterocycles. The molecule has 29 heavy (non-hydrogen) atoms. The molecule has 0 bridgehead atoms. The van der Waals surface area contributed by atoms with E-state index in [0.717, 1.165) is 30.3 Å². The van der Waals surface area contributed by atoms with Gasteiger partial charge in [-0.25, -0.2) is 4.79 Å². The molecule has 0 aliphatic carbocycles. The molecule has 2 amide bonds. The maximum Gasteiger partial charge on any atom is 0.410 e. The monoisotopic (exact) mass is 419 g/mol. The fourth-order valence-electron chi connectivity index (χ4n) is 3.78. The van der Waals surface area contributed by atoms with E-state index < -0.39 is 5.60 Å². The Morgan fingerprint density at radius 2 is 2.03 bits per heavy atom. The lowest BCUT2D eigenvalue weighted by molar-refractivity contribution is -0.133. The summed E-state index contributed by atoms with van der Waals surface area (Å²) in [6.45, 7) is 7.87. The second-order valence-corrected chi connectivity index (χ2v) is 9.29. The third kappa shape index (κ3) is 5.66. The van der Waals surface area contributed by atoms with E-state index in [1.54, 1.807) is 11.9 Å². The zero-order valence-corrected chi connectivity index (χ0v) is 18.4. The number of carbonyl (C=O) groups is 2. The molecule has 0 radical (unpaired) electrons. The van der Waals surface area contributed by atoms with E-state index in [9.17, 15) is 9.59 Å². The van der Waals surface area contributed by atoms with Crippen LogP contribution in [0.25, 0.3) is 10.9 Å². The Morgan fingerprint density at radius 3 is 2.76 bits per heavy atom. The predicted octanol–water partition coefficient (Wildman–Crippen LogP) is 4.40. The first-order valence-electron chi connectivity index (χ1n) is 10.1. The van der Waals surface area contributed by atoms with Crippen LogP contribution in [0.3, 0.4) is 0 Å². The molecule has 7 heteroatoms. The van der Waals surface area contributed by atoms with Crippen molar-refractivity contribution in [3.63, 3.8) is 0 Å². The number of carbonyl (C=O) groups excluding carboxylic acids is 2. The molecule has 158 valence electrons. The van der Waals surface area contributed by atoms with E-state index in [-0.39, 0.29) is 17.9 Å². The fraction of sp³-hybridized carbons (Fsp3) is 0.545. The van der Waals surface area contributed by atoms with Gasteiger partial charge in [0, 0.05) is 43.4 Å². The number of amides is 2. The smallest absolute Gasteiger partial charge is 0.410 e. The van der Waals surface area contributed by atoms with Crippen LogP contribution < -0.4 is 0 Å². The van der Waals surface area contributed by atoms with Gasteiger partial charge in [-0.05, 0) is 63.1 Å². The molecule has 6 nitrogen and oxygen atoms in total. The van der Waals surface area contributed by atoms with Gasteiger partial charge in [0.25, 0.3) is 0 Å². The summed E-state index contributed by atoms with van der Waals surface area (Å²) in [5, 5.41) is 1.73. The molecule has 1 unspecified atom stereocenters. The van der Waals surface area contributed by atoms with Gasteiger partial charge in [0.05, 0.1) is 0 Å². The number of hydrogen-bond donors (Lipinski definition) is 0. The Bertz CT molecular complexity index is 887. The normalized spacial score (nSPS) is 17.4. The Hall–Kier alpha value is -2.21. The van der Waals surface area contributed by atoms with Crippen molar-refractivity contribution in [3.8, 4) is 0 Å². The molecule has 2 aromatic rings. The zero-order chi connectivity index (χ0) is 21.2. The minimum Gasteiger partial charge on any atom is -0.444 e. The molecule has 1 aliphatic rings. The van der Waals surface area contributed by atoms with Crippen LogP contribution in [0.2, 0.25) is 5.02 Å². The topological polar surface area (TPSA) is 54.8 Å². The number of halogens is 1. The van der Waals surface area contributed by atoms with E-state index in [1.165, 1.54) is 0 Å². The summed E-state index contributed by atoms with van der Waals surface area (Å²) >= 11 is 6.11. The van der Waals surface area contributed by atoms with Crippen molar-refractivity contribution in [1.82, 2.24) is 14.4 Å². The number of nitrogens with zero attached hydrogens (tertiary/aromatic N) is 3. The molecule has 0 saturated carbocycles. The standard InChI is InChI=1S/C22H30ClN3O3/c1-22(2,3)29-21(28)24(4)13-16-6-5-10-26(14-16)20(27)15-25-11-9-17-7-8-18(23)12-19(17)25/h7-9,11-12,16H,5-6,10,13-15H2,1-4H3. The van der Waals surface area contributed by atoms with E-state index in [2.05, 4.69) is 0 Å². The summed E-state index contributed by atoms with van der Waals surface area (Å²) in [5.41, 5.74) is 0.451. The number of piperidine rings is 1. The number of rotatable bonds is 4. The fourth-order valence-corrected chi connectivity index (χ4v) is 3.95. The lowest BCUT2D eigenvalue weighted by atomic mass is 9.97. The van der Waals surface area contributed by atoms with Crippen molar-refractivity contribution in [2.24, 2.45) is 5.92 Å². The Morgan fingerprint density at radius 1 is 1.28 bits per heavy atom. The first-order valence-corrected chi connectivity index (χ1v) is 10.5. The van der Waals surface area contributed by atoms with Crippen molar-refractivity contribution < 1.29 is 14.3 Å². The number of hydrogen-bond acceptors (Lipinski definition) is 3. The maximum absolute atomic E-state index is 12.9. The van der Waals surface area contributed by atoms with Crippen LogP contribution in [0.4, 0.5) is 4.79 Å². The highest BCUT2D eigenvalue weighted by atomic mass is 35.5. The second-order valence-electron chi connectivity index (χ2n) is 8.86. The Kier molecular flexibility index (Phi) is 6.42. The molecule has 0 spiro atoms. The molecule has 1 saturated heterocycles. The SMILES string of the molecule is CN(CC1CCCN(C(=O)Cn2ccc3ccc(Cl)cc32)C1)C(=O)OC(C)(C)C. The summed E-state index contributed by atoms with van der Waals surface area (Å²) in [6.07, 6.45) is 3.54. The Balaban J connectivity index is 1.59. The van der Waals surface area contributed by atoms with Crippen LogP contribution in [0.15, 0.2) is 30.5 Å². The molecule has 2 heterocycles. The van der Waals surface area contributed by atoms with Crippen LogP contribution in [-0.2, 0) is 16.1 Å². The van der Waals surface area contributed by atoms with Crippen molar-refractivity contribution in [3.05, 3.63) is 35.5 Å². The van der Waals surface area contributed by atoms with E-state index in [4.69, 9.17) is 16.3 Å². The first-order chi connectivity index (χ1) is 13.6. The average Bonchev–Trinajstić information content (AvgIpc) is 3.02. The van der Waals surface area contributed by atoms with Gasteiger partial charge in [0.15, 0.2) is 0 Å². The van der Waals surface area contributed by atoms with Gasteiger partial charge in [-0.3, -0.25) is 4.79 Å². The number of ether oxygens (including phenoxy) is 1. The van der Waals surface area contributed by atoms with Crippen LogP contribution in [0.5, 0.6) is 0 Å². The molecule has 1 atom stereocenters. The quantitative estimate of drug-likeness (QED) is 0.738. The van der Waals surface area contributed by atoms with E-state index >= 15 is 0 Å². The van der Waals surface area contributed by atoms with Gasteiger partial charge in [-0.1, -0.05) is 17.7 Å². The summed E-state index contributed by atoms with van der Waals surface area (Å²) < 4.78 is 7.37. The molecule has 0 N–H and O–H groups in total. The molecule has 1 fully saturated rings. The summed E-state index contributed by atoms with van der Waals surface area (Å²) in [4.78, 5) is 28.7. The van der Waals surface area contributed by atoms with Gasteiger partial charge in [-0.2, -0.15) is 0 Å². The minimum absolute atomic E-state index is 0.0899. The third-order valence-electron chi connectivity index (χ3n) is 5.15. The van der Waals surface area contributed by atoms with Gasteiger partial charge >= 0.3 is 6.09 Å². The summed E-state index contributed by atoms with van der Waals surface area (Å²) in [7, 11) is 1.75. The number of likely N-dealkylation sites (tertiary alicyclic amines) is 1. The van der Waals surface area contributed by atoms with E-state index in [0.29, 0.717) is 24.7 Å². The summed E-state index contributed by atoms with van der Waals surface area (Å²) in [6, 6.07) is 7.70. The molecule has 1 aromatic heterocycles. The largest absolute Gasteiger partial charge is 0.444 e. The van der Waals surface area contributed by atoms with Crippen molar-refractivity contribution >= 4 is 34.5 Å². The predicted molar refractivity (Wildman–Crippen MR) is 115 cm³/mol. The van der Waals surface area contributed by atoms with Crippen molar-refractivity contribution in [2.75, 3.05) is 26.7 Å². The van der Waals surface area contributed by atoms with Crippen LogP contribution >= 0.6 is 11.6 Å². The molecule has 3 rings (SSSR count). The number of benzene rings is 1. The summed E-state index contributed by atoms with van der Waals surface area (Å²) in [5.74, 6) is 0.341. The Labute approximate surface area is 177 Å². The first kappa shape index (κ1) is 21.5. The van der Waals surface area contributed by atoms with E-state index in [1.807, 2.05) is 60.7 Å². The van der Waals surface area contributed by atoms with Crippen molar-refractivity contribution in [2.45, 2.75) is 45.8 Å². The zero-order valence-electron chi connectivity index (χ0n) is 17.7. The maximum atomic E-state index is 12.9. The van der Waals surface area contributed by atoms with Gasteiger partial charge in [0.1, 0.15) is 12.1 Å². The lowest BCUT2D eigenvalue weighted by Gasteiger charge is -2.35. The van der Waals surface area contributed by atoms with Gasteiger partial charge in [0.2, 0.25) is 5.91 Å². The van der Waals surface area contributed by atoms with Crippen LogP contribution in [-0.4, -0.2) is 58.7 Å². The number of aromatic nitrogens is 1. The van der Waals surface area contributed by atoms with Crippen LogP contribution in [0.1, 0.15) is 33.6 Å².